The lowest BCUT2D eigenvalue weighted by Crippen LogP contribution is -1.99. The van der Waals surface area contributed by atoms with E-state index in [1.54, 1.807) is 35.3 Å². The van der Waals surface area contributed by atoms with Gasteiger partial charge in [-0.3, -0.25) is 0 Å². The smallest absolute Gasteiger partial charge is 0.227 e. The molecule has 0 aliphatic heterocycles. The highest BCUT2D eigenvalue weighted by molar-refractivity contribution is 14.1. The lowest BCUT2D eigenvalue weighted by atomic mass is 10.5. The summed E-state index contributed by atoms with van der Waals surface area (Å²) in [6.07, 6.45) is 1.76. The number of rotatable bonds is 1. The summed E-state index contributed by atoms with van der Waals surface area (Å²) in [7, 11) is 0. The van der Waals surface area contributed by atoms with Crippen molar-refractivity contribution in [3.8, 4) is 0 Å². The fraction of sp³-hybridized carbons (Fsp3) is 0. The zero-order valence-electron chi connectivity index (χ0n) is 4.45. The molecule has 48 valence electrons. The van der Waals surface area contributed by atoms with Crippen LogP contribution in [0.2, 0.25) is 0 Å². The van der Waals surface area contributed by atoms with Crippen molar-refractivity contribution in [2.75, 3.05) is 0 Å². The molecule has 0 aliphatic rings. The molecule has 0 radical (unpaired) electrons. The van der Waals surface area contributed by atoms with Crippen LogP contribution in [0.4, 0.5) is 0 Å². The zero-order valence-corrected chi connectivity index (χ0v) is 7.43. The first kappa shape index (κ1) is 7.01. The van der Waals surface area contributed by atoms with E-state index in [0.29, 0.717) is 4.64 Å². The second-order valence-corrected chi connectivity index (χ2v) is 2.25. The van der Waals surface area contributed by atoms with E-state index in [1.807, 2.05) is 12.1 Å². The fourth-order valence-corrected chi connectivity index (χ4v) is 1.12. The molecule has 0 aromatic carbocycles. The molecule has 4 heteroatoms. The first-order chi connectivity index (χ1) is 4.34. The molecule has 0 saturated carbocycles. The highest BCUT2D eigenvalue weighted by Gasteiger charge is 1.83. The quantitative estimate of drug-likeness (QED) is 0.561. The number of aromatic nitrogens is 1. The molecule has 0 aliphatic carbocycles. The van der Waals surface area contributed by atoms with Gasteiger partial charge >= 0.3 is 0 Å². The number of nitrogens with zero attached hydrogens (tertiary/aromatic N) is 1. The molecule has 0 fully saturated rings. The molecule has 1 heterocycles. The number of hydrogen-bond acceptors (Lipinski definition) is 2. The molecule has 0 saturated heterocycles. The van der Waals surface area contributed by atoms with Crippen molar-refractivity contribution in [2.24, 2.45) is 0 Å². The first-order valence-electron chi connectivity index (χ1n) is 2.31. The van der Waals surface area contributed by atoms with E-state index in [2.05, 4.69) is 0 Å². The fourth-order valence-electron chi connectivity index (χ4n) is 0.470. The molecular formula is C5H4INOS. The van der Waals surface area contributed by atoms with Crippen LogP contribution in [0.5, 0.6) is 0 Å². The van der Waals surface area contributed by atoms with Crippen molar-refractivity contribution in [1.29, 1.82) is 0 Å². The molecule has 0 amide bonds. The minimum absolute atomic E-state index is 0.673. The maximum Gasteiger partial charge on any atom is 0.227 e. The summed E-state index contributed by atoms with van der Waals surface area (Å²) in [4.78, 5) is 0. The van der Waals surface area contributed by atoms with Crippen molar-refractivity contribution >= 4 is 35.2 Å². The molecule has 0 unspecified atom stereocenters. The molecule has 1 aromatic heterocycles. The number of pyridine rings is 1. The summed E-state index contributed by atoms with van der Waals surface area (Å²) in [5.74, 6) is 0. The third kappa shape index (κ3) is 1.65. The second-order valence-electron chi connectivity index (χ2n) is 1.43. The monoisotopic (exact) mass is 253 g/mol. The van der Waals surface area contributed by atoms with Crippen molar-refractivity contribution in [2.45, 2.75) is 0 Å². The lowest BCUT2D eigenvalue weighted by molar-refractivity contribution is 0.361. The van der Waals surface area contributed by atoms with E-state index < -0.39 is 0 Å². The maximum atomic E-state index is 4.88. The molecule has 0 bridgehead atoms. The van der Waals surface area contributed by atoms with Crippen LogP contribution in [0.3, 0.4) is 0 Å². The Balaban J connectivity index is 3.16. The maximum absolute atomic E-state index is 4.88. The molecule has 1 rings (SSSR count). The highest BCUT2D eigenvalue weighted by Crippen LogP contribution is 1.91. The van der Waals surface area contributed by atoms with Crippen LogP contribution in [-0.4, -0.2) is 4.73 Å². The van der Waals surface area contributed by atoms with E-state index in [-0.39, 0.29) is 0 Å². The van der Waals surface area contributed by atoms with Crippen LogP contribution in [0, 0.1) is 4.64 Å². The standard InChI is InChI=1S/C5H4INOS/c6-8-7-4-2-1-3-5(7)9/h1-4H. The van der Waals surface area contributed by atoms with Gasteiger partial charge in [0, 0.05) is 6.20 Å². The molecule has 0 N–H and O–H groups in total. The largest absolute Gasteiger partial charge is 0.345 e. The van der Waals surface area contributed by atoms with Gasteiger partial charge < -0.3 is 3.17 Å². The van der Waals surface area contributed by atoms with E-state index >= 15 is 0 Å². The van der Waals surface area contributed by atoms with Gasteiger partial charge in [-0.25, -0.2) is 0 Å². The van der Waals surface area contributed by atoms with Gasteiger partial charge in [0.1, 0.15) is 4.64 Å². The molecule has 1 aromatic rings. The zero-order chi connectivity index (χ0) is 6.69. The van der Waals surface area contributed by atoms with Crippen LogP contribution in [-0.2, 0) is 0 Å². The van der Waals surface area contributed by atoms with Crippen LogP contribution in [0.25, 0.3) is 0 Å². The molecule has 0 atom stereocenters. The molecule has 9 heavy (non-hydrogen) atoms. The van der Waals surface area contributed by atoms with Gasteiger partial charge in [0.2, 0.25) is 23.0 Å². The Bertz CT molecular complexity index is 247. The third-order valence-corrected chi connectivity index (χ3v) is 1.60. The number of hydrogen-bond donors (Lipinski definition) is 0. The topological polar surface area (TPSA) is 14.2 Å². The van der Waals surface area contributed by atoms with Gasteiger partial charge in [-0.2, -0.15) is 4.73 Å². The summed E-state index contributed by atoms with van der Waals surface area (Å²) in [6.45, 7) is 0. The highest BCUT2D eigenvalue weighted by atomic mass is 127. The predicted molar refractivity (Wildman–Crippen MR) is 45.9 cm³/mol. The Hall–Kier alpha value is -0.100. The van der Waals surface area contributed by atoms with Crippen LogP contribution < -0.4 is 3.17 Å². The second kappa shape index (κ2) is 3.17. The summed E-state index contributed by atoms with van der Waals surface area (Å²) in [6, 6.07) is 5.52. The van der Waals surface area contributed by atoms with Crippen molar-refractivity contribution in [3.05, 3.63) is 29.0 Å². The Morgan fingerprint density at radius 3 is 2.78 bits per heavy atom. The van der Waals surface area contributed by atoms with E-state index in [9.17, 15) is 0 Å². The van der Waals surface area contributed by atoms with Gasteiger partial charge in [-0.05, 0) is 12.1 Å². The number of halogens is 1. The molecule has 2 nitrogen and oxygen atoms in total. The lowest BCUT2D eigenvalue weighted by Gasteiger charge is -1.97. The van der Waals surface area contributed by atoms with Gasteiger partial charge in [0.05, 0.1) is 0 Å². The normalized spacial score (nSPS) is 9.00. The van der Waals surface area contributed by atoms with E-state index in [4.69, 9.17) is 15.4 Å². The van der Waals surface area contributed by atoms with Gasteiger partial charge in [0.25, 0.3) is 0 Å². The Labute approximate surface area is 72.1 Å². The summed E-state index contributed by atoms with van der Waals surface area (Å²) < 4.78 is 7.01. The average Bonchev–Trinajstić information content (AvgIpc) is 1.89. The summed E-state index contributed by atoms with van der Waals surface area (Å²) in [5, 5.41) is 0. The summed E-state index contributed by atoms with van der Waals surface area (Å²) >= 11 is 6.66. The SMILES string of the molecule is S=c1ccccn1OI. The molecule has 0 spiro atoms. The first-order valence-corrected chi connectivity index (χ1v) is 3.60. The minimum atomic E-state index is 0.673. The minimum Gasteiger partial charge on any atom is -0.345 e. The van der Waals surface area contributed by atoms with Crippen molar-refractivity contribution in [3.63, 3.8) is 0 Å². The van der Waals surface area contributed by atoms with Crippen molar-refractivity contribution < 1.29 is 3.17 Å². The van der Waals surface area contributed by atoms with Crippen molar-refractivity contribution in [1.82, 2.24) is 4.73 Å². The van der Waals surface area contributed by atoms with E-state index in [1.165, 1.54) is 4.73 Å². The van der Waals surface area contributed by atoms with E-state index in [0.717, 1.165) is 0 Å². The van der Waals surface area contributed by atoms with Gasteiger partial charge in [0.15, 0.2) is 0 Å². The summed E-state index contributed by atoms with van der Waals surface area (Å²) in [5.41, 5.74) is 0. The van der Waals surface area contributed by atoms with Crippen LogP contribution >= 0.6 is 35.2 Å². The van der Waals surface area contributed by atoms with Crippen LogP contribution in [0.1, 0.15) is 0 Å². The Morgan fingerprint density at radius 2 is 2.33 bits per heavy atom. The van der Waals surface area contributed by atoms with Gasteiger partial charge in [-0.1, -0.05) is 18.3 Å². The predicted octanol–water partition coefficient (Wildman–Crippen LogP) is 2.00. The van der Waals surface area contributed by atoms with Gasteiger partial charge in [-0.15, -0.1) is 0 Å². The Morgan fingerprint density at radius 1 is 1.56 bits per heavy atom. The average molecular weight is 253 g/mol. The Kier molecular flexibility index (Phi) is 2.47. The third-order valence-electron chi connectivity index (χ3n) is 0.863. The van der Waals surface area contributed by atoms with Crippen LogP contribution in [0.15, 0.2) is 24.4 Å². The molecular weight excluding hydrogens is 249 g/mol.